The lowest BCUT2D eigenvalue weighted by Gasteiger charge is -2.20. The van der Waals surface area contributed by atoms with Crippen LogP contribution in [0.1, 0.15) is 18.9 Å². The van der Waals surface area contributed by atoms with E-state index < -0.39 is 39.4 Å². The van der Waals surface area contributed by atoms with Crippen molar-refractivity contribution in [3.05, 3.63) is 28.0 Å². The van der Waals surface area contributed by atoms with Gasteiger partial charge in [-0.05, 0) is 25.5 Å². The van der Waals surface area contributed by atoms with Crippen molar-refractivity contribution in [1.29, 1.82) is 0 Å². The van der Waals surface area contributed by atoms with Crippen LogP contribution in [0.4, 0.5) is 17.6 Å². The number of halogens is 5. The first-order valence-electron chi connectivity index (χ1n) is 5.54. The van der Waals surface area contributed by atoms with Gasteiger partial charge in [-0.15, -0.1) is 0 Å². The van der Waals surface area contributed by atoms with E-state index in [2.05, 4.69) is 15.9 Å². The highest BCUT2D eigenvalue weighted by Gasteiger charge is 2.41. The number of alkyl halides is 3. The number of hydrogen-bond donors (Lipinski definition) is 1. The molecule has 1 rings (SSSR count). The fraction of sp³-hybridized carbons (Fsp3) is 0.455. The van der Waals surface area contributed by atoms with Gasteiger partial charge in [0.15, 0.2) is 0 Å². The fourth-order valence-corrected chi connectivity index (χ4v) is 3.22. The summed E-state index contributed by atoms with van der Waals surface area (Å²) in [7, 11) is -4.59. The minimum Gasteiger partial charge on any atom is -0.207 e. The van der Waals surface area contributed by atoms with Crippen LogP contribution in [0.25, 0.3) is 0 Å². The van der Waals surface area contributed by atoms with E-state index in [0.717, 1.165) is 6.07 Å². The maximum absolute atomic E-state index is 13.9. The second-order valence-electron chi connectivity index (χ2n) is 4.11. The molecule has 0 bridgehead atoms. The molecule has 1 aromatic rings. The standard InChI is InChI=1S/C11H12BrF4NO2S/c1-3-9(11(14,15)16)17-20(18,19)8-5-4-7(12)6(2)10(8)13/h4-5,9,17H,3H2,1-2H3/t9-/m0/s1. The van der Waals surface area contributed by atoms with Gasteiger partial charge in [0.1, 0.15) is 16.8 Å². The normalized spacial score (nSPS) is 14.3. The summed E-state index contributed by atoms with van der Waals surface area (Å²) < 4.78 is 77.2. The highest BCUT2D eigenvalue weighted by Crippen LogP contribution is 2.27. The van der Waals surface area contributed by atoms with Gasteiger partial charge in [0.2, 0.25) is 10.0 Å². The van der Waals surface area contributed by atoms with Crippen molar-refractivity contribution in [2.45, 2.75) is 37.4 Å². The Morgan fingerprint density at radius 1 is 1.35 bits per heavy atom. The van der Waals surface area contributed by atoms with Crippen LogP contribution < -0.4 is 4.72 Å². The fourth-order valence-electron chi connectivity index (χ4n) is 1.48. The average molecular weight is 378 g/mol. The molecule has 9 heteroatoms. The second-order valence-corrected chi connectivity index (χ2v) is 6.64. The molecular formula is C11H12BrF4NO2S. The molecule has 20 heavy (non-hydrogen) atoms. The highest BCUT2D eigenvalue weighted by molar-refractivity contribution is 9.10. The highest BCUT2D eigenvalue weighted by atomic mass is 79.9. The van der Waals surface area contributed by atoms with Crippen LogP contribution in [-0.2, 0) is 10.0 Å². The third-order valence-electron chi connectivity index (χ3n) is 2.68. The van der Waals surface area contributed by atoms with Crippen LogP contribution >= 0.6 is 15.9 Å². The molecule has 0 aliphatic heterocycles. The Bertz CT molecular complexity index is 601. The minimum atomic E-state index is -4.73. The molecule has 0 saturated heterocycles. The van der Waals surface area contributed by atoms with Crippen LogP contribution in [0, 0.1) is 12.7 Å². The predicted molar refractivity (Wildman–Crippen MR) is 69.3 cm³/mol. The van der Waals surface area contributed by atoms with E-state index in [1.165, 1.54) is 24.6 Å². The SMILES string of the molecule is CC[C@H](NS(=O)(=O)c1ccc(Br)c(C)c1F)C(F)(F)F. The van der Waals surface area contributed by atoms with E-state index in [1.807, 2.05) is 0 Å². The van der Waals surface area contributed by atoms with Crippen LogP contribution in [0.2, 0.25) is 0 Å². The lowest BCUT2D eigenvalue weighted by molar-refractivity contribution is -0.151. The number of benzene rings is 1. The summed E-state index contributed by atoms with van der Waals surface area (Å²) in [5, 5.41) is 0. The first kappa shape index (κ1) is 17.4. The molecule has 1 N–H and O–H groups in total. The minimum absolute atomic E-state index is 0.00734. The van der Waals surface area contributed by atoms with Crippen molar-refractivity contribution in [3.63, 3.8) is 0 Å². The molecule has 0 heterocycles. The van der Waals surface area contributed by atoms with Crippen molar-refractivity contribution in [2.75, 3.05) is 0 Å². The van der Waals surface area contributed by atoms with Crippen LogP contribution in [0.3, 0.4) is 0 Å². The third-order valence-corrected chi connectivity index (χ3v) is 5.02. The number of sulfonamides is 1. The second kappa shape index (κ2) is 5.98. The summed E-state index contributed by atoms with van der Waals surface area (Å²) in [6.45, 7) is 2.50. The van der Waals surface area contributed by atoms with Crippen LogP contribution in [0.15, 0.2) is 21.5 Å². The van der Waals surface area contributed by atoms with E-state index in [1.54, 1.807) is 0 Å². The van der Waals surface area contributed by atoms with E-state index in [-0.39, 0.29) is 5.56 Å². The molecule has 0 aromatic heterocycles. The summed E-state index contributed by atoms with van der Waals surface area (Å²) >= 11 is 3.01. The van der Waals surface area contributed by atoms with Crippen molar-refractivity contribution in [2.24, 2.45) is 0 Å². The molecular weight excluding hydrogens is 366 g/mol. The zero-order valence-corrected chi connectivity index (χ0v) is 13.0. The molecule has 0 unspecified atom stereocenters. The molecule has 0 aliphatic carbocycles. The molecule has 3 nitrogen and oxygen atoms in total. The Morgan fingerprint density at radius 2 is 1.90 bits per heavy atom. The summed E-state index contributed by atoms with van der Waals surface area (Å²) in [6.07, 6.45) is -5.22. The Morgan fingerprint density at radius 3 is 2.35 bits per heavy atom. The molecule has 0 spiro atoms. The van der Waals surface area contributed by atoms with E-state index in [0.29, 0.717) is 4.47 Å². The van der Waals surface area contributed by atoms with Gasteiger partial charge in [-0.1, -0.05) is 22.9 Å². The summed E-state index contributed by atoms with van der Waals surface area (Å²) in [5.74, 6) is -1.08. The Balaban J connectivity index is 3.22. The first-order chi connectivity index (χ1) is 9.00. The summed E-state index contributed by atoms with van der Waals surface area (Å²) in [6, 6.07) is -0.0739. The Labute approximate surface area is 122 Å². The number of nitrogens with one attached hydrogen (secondary N) is 1. The molecule has 0 aliphatic rings. The average Bonchev–Trinajstić information content (AvgIpc) is 2.31. The van der Waals surface area contributed by atoms with Crippen LogP contribution in [0.5, 0.6) is 0 Å². The summed E-state index contributed by atoms with van der Waals surface area (Å²) in [5.41, 5.74) is 0.00734. The molecule has 0 fully saturated rings. The van der Waals surface area contributed by atoms with Crippen molar-refractivity contribution >= 4 is 26.0 Å². The smallest absolute Gasteiger partial charge is 0.207 e. The molecule has 114 valence electrons. The van der Waals surface area contributed by atoms with Gasteiger partial charge in [-0.2, -0.15) is 17.9 Å². The lowest BCUT2D eigenvalue weighted by Crippen LogP contribution is -2.45. The number of hydrogen-bond acceptors (Lipinski definition) is 2. The van der Waals surface area contributed by atoms with Gasteiger partial charge < -0.3 is 0 Å². The maximum Gasteiger partial charge on any atom is 0.404 e. The molecule has 1 atom stereocenters. The predicted octanol–water partition coefficient (Wildman–Crippen LogP) is 3.52. The third kappa shape index (κ3) is 3.70. The van der Waals surface area contributed by atoms with Crippen molar-refractivity contribution in [3.8, 4) is 0 Å². The van der Waals surface area contributed by atoms with E-state index in [9.17, 15) is 26.0 Å². The van der Waals surface area contributed by atoms with E-state index in [4.69, 9.17) is 0 Å². The van der Waals surface area contributed by atoms with Gasteiger partial charge >= 0.3 is 6.18 Å². The van der Waals surface area contributed by atoms with Crippen molar-refractivity contribution < 1.29 is 26.0 Å². The maximum atomic E-state index is 13.9. The number of rotatable bonds is 4. The van der Waals surface area contributed by atoms with Gasteiger partial charge in [-0.25, -0.2) is 12.8 Å². The zero-order chi connectivity index (χ0) is 15.7. The van der Waals surface area contributed by atoms with Gasteiger partial charge in [0.25, 0.3) is 0 Å². The largest absolute Gasteiger partial charge is 0.404 e. The molecule has 0 amide bonds. The van der Waals surface area contributed by atoms with Gasteiger partial charge in [-0.3, -0.25) is 0 Å². The molecule has 0 radical (unpaired) electrons. The Hall–Kier alpha value is -0.670. The zero-order valence-electron chi connectivity index (χ0n) is 10.6. The lowest BCUT2D eigenvalue weighted by atomic mass is 10.2. The summed E-state index contributed by atoms with van der Waals surface area (Å²) in [4.78, 5) is -0.805. The first-order valence-corrected chi connectivity index (χ1v) is 7.82. The monoisotopic (exact) mass is 377 g/mol. The molecule has 0 saturated carbocycles. The van der Waals surface area contributed by atoms with Crippen LogP contribution in [-0.4, -0.2) is 20.6 Å². The Kier molecular flexibility index (Phi) is 5.20. The quantitative estimate of drug-likeness (QED) is 0.816. The molecule has 1 aromatic carbocycles. The topological polar surface area (TPSA) is 46.2 Å². The van der Waals surface area contributed by atoms with Gasteiger partial charge in [0, 0.05) is 10.0 Å². The van der Waals surface area contributed by atoms with E-state index >= 15 is 0 Å². The van der Waals surface area contributed by atoms with Gasteiger partial charge in [0.05, 0.1) is 0 Å². The van der Waals surface area contributed by atoms with Crippen molar-refractivity contribution in [1.82, 2.24) is 4.72 Å².